The largest absolute Gasteiger partial charge is 0.493 e. The summed E-state index contributed by atoms with van der Waals surface area (Å²) in [5.41, 5.74) is 3.50. The quantitative estimate of drug-likeness (QED) is 0.203. The Labute approximate surface area is 239 Å². The van der Waals surface area contributed by atoms with Crippen LogP contribution in [-0.4, -0.2) is 44.7 Å². The third kappa shape index (κ3) is 6.68. The Morgan fingerprint density at radius 1 is 0.900 bits per heavy atom. The number of imide groups is 1. The van der Waals surface area contributed by atoms with Crippen LogP contribution in [0.5, 0.6) is 17.2 Å². The summed E-state index contributed by atoms with van der Waals surface area (Å²) in [6.45, 7) is 8.24. The van der Waals surface area contributed by atoms with E-state index in [0.29, 0.717) is 5.56 Å². The van der Waals surface area contributed by atoms with Gasteiger partial charge in [0.1, 0.15) is 17.3 Å². The normalized spacial score (nSPS) is 14.8. The third-order valence-corrected chi connectivity index (χ3v) is 8.39. The van der Waals surface area contributed by atoms with Crippen LogP contribution in [0.3, 0.4) is 0 Å². The summed E-state index contributed by atoms with van der Waals surface area (Å²) < 4.78 is 42.3. The van der Waals surface area contributed by atoms with Gasteiger partial charge < -0.3 is 13.7 Å². The molecule has 1 fully saturated rings. The molecule has 1 aliphatic rings. The summed E-state index contributed by atoms with van der Waals surface area (Å²) in [6, 6.07) is 16.9. The molecule has 210 valence electrons. The van der Waals surface area contributed by atoms with Crippen LogP contribution in [0, 0.1) is 13.8 Å². The molecule has 0 aliphatic carbocycles. The predicted octanol–water partition coefficient (Wildman–Crippen LogP) is 6.32. The van der Waals surface area contributed by atoms with Crippen molar-refractivity contribution in [3.05, 3.63) is 87.8 Å². The van der Waals surface area contributed by atoms with Gasteiger partial charge >= 0.3 is 10.1 Å². The molecule has 4 rings (SSSR count). The maximum atomic E-state index is 13.0. The predicted molar refractivity (Wildman–Crippen MR) is 155 cm³/mol. The minimum atomic E-state index is -4.13. The molecule has 1 heterocycles. The molecule has 0 atom stereocenters. The molecular formula is C30H31NO7S2. The van der Waals surface area contributed by atoms with E-state index >= 15 is 0 Å². The highest BCUT2D eigenvalue weighted by Crippen LogP contribution is 2.36. The number of carbonyl (C=O) groups is 2. The van der Waals surface area contributed by atoms with Crippen molar-refractivity contribution in [2.75, 3.05) is 20.3 Å². The molecule has 2 amide bonds. The van der Waals surface area contributed by atoms with Gasteiger partial charge in [-0.3, -0.25) is 14.5 Å². The van der Waals surface area contributed by atoms with E-state index in [2.05, 4.69) is 13.8 Å². The summed E-state index contributed by atoms with van der Waals surface area (Å²) in [5, 5.41) is -0.403. The average molecular weight is 582 g/mol. The van der Waals surface area contributed by atoms with Gasteiger partial charge in [0.25, 0.3) is 11.1 Å². The zero-order chi connectivity index (χ0) is 29.0. The fraction of sp³-hybridized carbons (Fsp3) is 0.267. The van der Waals surface area contributed by atoms with Gasteiger partial charge in [-0.1, -0.05) is 49.7 Å². The number of thioether (sulfide) groups is 1. The number of rotatable bonds is 10. The Bertz CT molecular complexity index is 1560. The highest BCUT2D eigenvalue weighted by molar-refractivity contribution is 8.18. The monoisotopic (exact) mass is 581 g/mol. The number of carbonyl (C=O) groups excluding carboxylic acids is 2. The Balaban J connectivity index is 1.49. The fourth-order valence-electron chi connectivity index (χ4n) is 4.05. The lowest BCUT2D eigenvalue weighted by molar-refractivity contribution is -0.123. The highest BCUT2D eigenvalue weighted by Gasteiger charge is 2.35. The molecular weight excluding hydrogens is 550 g/mol. The van der Waals surface area contributed by atoms with Crippen LogP contribution in [0.1, 0.15) is 42.0 Å². The van der Waals surface area contributed by atoms with E-state index in [-0.39, 0.29) is 40.4 Å². The summed E-state index contributed by atoms with van der Waals surface area (Å²) in [7, 11) is -2.73. The molecule has 0 aromatic heterocycles. The third-order valence-electron chi connectivity index (χ3n) is 6.23. The number of hydrogen-bond acceptors (Lipinski definition) is 8. The summed E-state index contributed by atoms with van der Waals surface area (Å²) in [6.07, 6.45) is 1.52. The smallest absolute Gasteiger partial charge is 0.339 e. The molecule has 8 nitrogen and oxygen atoms in total. The number of benzene rings is 3. The number of methoxy groups -OCH3 is 1. The van der Waals surface area contributed by atoms with Crippen molar-refractivity contribution < 1.29 is 31.7 Å². The van der Waals surface area contributed by atoms with E-state index in [4.69, 9.17) is 13.7 Å². The van der Waals surface area contributed by atoms with Crippen LogP contribution < -0.4 is 13.7 Å². The van der Waals surface area contributed by atoms with Crippen molar-refractivity contribution in [1.29, 1.82) is 0 Å². The molecule has 0 bridgehead atoms. The van der Waals surface area contributed by atoms with E-state index in [1.54, 1.807) is 18.2 Å². The first kappa shape index (κ1) is 29.2. The molecule has 3 aromatic rings. The summed E-state index contributed by atoms with van der Waals surface area (Å²) >= 11 is 0.813. The van der Waals surface area contributed by atoms with Gasteiger partial charge in [0.15, 0.2) is 11.5 Å². The Hall–Kier alpha value is -3.76. The lowest BCUT2D eigenvalue weighted by Crippen LogP contribution is -2.32. The van der Waals surface area contributed by atoms with Crippen LogP contribution in [0.15, 0.2) is 70.5 Å². The van der Waals surface area contributed by atoms with E-state index in [1.807, 2.05) is 32.0 Å². The molecule has 0 saturated carbocycles. The topological polar surface area (TPSA) is 99.2 Å². The van der Waals surface area contributed by atoms with E-state index < -0.39 is 21.3 Å². The molecule has 3 aromatic carbocycles. The van der Waals surface area contributed by atoms with Gasteiger partial charge in [-0.2, -0.15) is 8.42 Å². The zero-order valence-electron chi connectivity index (χ0n) is 23.0. The van der Waals surface area contributed by atoms with Crippen molar-refractivity contribution in [3.63, 3.8) is 0 Å². The highest BCUT2D eigenvalue weighted by atomic mass is 32.2. The van der Waals surface area contributed by atoms with E-state index in [0.717, 1.165) is 39.1 Å². The number of nitrogens with zero attached hydrogens (tertiary/aromatic N) is 1. The fourth-order valence-corrected chi connectivity index (χ4v) is 5.85. The van der Waals surface area contributed by atoms with Gasteiger partial charge in [-0.15, -0.1) is 0 Å². The van der Waals surface area contributed by atoms with Crippen molar-refractivity contribution >= 4 is 39.1 Å². The van der Waals surface area contributed by atoms with Gasteiger partial charge in [0.2, 0.25) is 0 Å². The summed E-state index contributed by atoms with van der Waals surface area (Å²) in [5.74, 6) is 0.723. The minimum absolute atomic E-state index is 0.0000672. The molecule has 0 spiro atoms. The number of amides is 2. The van der Waals surface area contributed by atoms with Gasteiger partial charge in [0.05, 0.1) is 18.6 Å². The van der Waals surface area contributed by atoms with Crippen LogP contribution in [-0.2, 0) is 14.9 Å². The molecule has 40 heavy (non-hydrogen) atoms. The Kier molecular flexibility index (Phi) is 8.90. The standard InChI is InChI=1S/C30H31NO7S2/c1-19(2)24-12-8-21(4)16-26(24)37-15-14-31-29(32)28(39-30(31)33)18-22-9-13-25(36-5)27(17-22)38-40(34,35)23-10-6-20(3)7-11-23/h6-13,16-19H,14-15H2,1-5H3/b28-18-. The molecule has 1 saturated heterocycles. The first-order valence-electron chi connectivity index (χ1n) is 12.7. The molecule has 0 radical (unpaired) electrons. The molecule has 10 heteroatoms. The van der Waals surface area contributed by atoms with Crippen LogP contribution in [0.4, 0.5) is 4.79 Å². The van der Waals surface area contributed by atoms with E-state index in [1.165, 1.54) is 37.5 Å². The number of hydrogen-bond donors (Lipinski definition) is 0. The SMILES string of the molecule is COc1ccc(/C=C2\SC(=O)N(CCOc3cc(C)ccc3C(C)C)C2=O)cc1OS(=O)(=O)c1ccc(C)cc1. The Morgan fingerprint density at radius 2 is 1.60 bits per heavy atom. The second kappa shape index (κ2) is 12.2. The van der Waals surface area contributed by atoms with Crippen molar-refractivity contribution in [3.8, 4) is 17.2 Å². The van der Waals surface area contributed by atoms with Crippen molar-refractivity contribution in [1.82, 2.24) is 4.90 Å². The Morgan fingerprint density at radius 3 is 2.27 bits per heavy atom. The number of ether oxygens (including phenoxy) is 2. The van der Waals surface area contributed by atoms with Gasteiger partial charge in [0, 0.05) is 0 Å². The second-order valence-electron chi connectivity index (χ2n) is 9.64. The minimum Gasteiger partial charge on any atom is -0.493 e. The van der Waals surface area contributed by atoms with Gasteiger partial charge in [-0.05, 0) is 84.6 Å². The maximum absolute atomic E-state index is 13.0. The average Bonchev–Trinajstić information content (AvgIpc) is 3.16. The van der Waals surface area contributed by atoms with Crippen LogP contribution in [0.2, 0.25) is 0 Å². The first-order valence-corrected chi connectivity index (χ1v) is 14.9. The number of aryl methyl sites for hydroxylation is 2. The van der Waals surface area contributed by atoms with Crippen molar-refractivity contribution in [2.24, 2.45) is 0 Å². The van der Waals surface area contributed by atoms with Crippen LogP contribution in [0.25, 0.3) is 6.08 Å². The second-order valence-corrected chi connectivity index (χ2v) is 12.2. The molecule has 0 unspecified atom stereocenters. The van der Waals surface area contributed by atoms with Crippen molar-refractivity contribution in [2.45, 2.75) is 38.5 Å². The maximum Gasteiger partial charge on any atom is 0.339 e. The lowest BCUT2D eigenvalue weighted by Gasteiger charge is -2.17. The van der Waals surface area contributed by atoms with Crippen LogP contribution >= 0.6 is 11.8 Å². The van der Waals surface area contributed by atoms with Gasteiger partial charge in [-0.25, -0.2) is 0 Å². The zero-order valence-corrected chi connectivity index (χ0v) is 24.6. The summed E-state index contributed by atoms with van der Waals surface area (Å²) in [4.78, 5) is 27.0. The molecule has 1 aliphatic heterocycles. The first-order chi connectivity index (χ1) is 19.0. The lowest BCUT2D eigenvalue weighted by atomic mass is 10.0. The van der Waals surface area contributed by atoms with E-state index in [9.17, 15) is 18.0 Å². The molecule has 0 N–H and O–H groups in total.